The van der Waals surface area contributed by atoms with Crippen molar-refractivity contribution >= 4 is 23.0 Å². The lowest BCUT2D eigenvalue weighted by Crippen LogP contribution is -2.38. The summed E-state index contributed by atoms with van der Waals surface area (Å²) in [5.41, 5.74) is 0.0559. The fourth-order valence-corrected chi connectivity index (χ4v) is 2.19. The zero-order valence-electron chi connectivity index (χ0n) is 14.1. The molecule has 8 heteroatoms. The number of aliphatic hydroxyl groups excluding tert-OH is 2. The van der Waals surface area contributed by atoms with Gasteiger partial charge in [0.25, 0.3) is 0 Å². The molecule has 2 atom stereocenters. The normalized spacial score (nSPS) is 14.1. The second-order valence-electron chi connectivity index (χ2n) is 6.61. The van der Waals surface area contributed by atoms with Gasteiger partial charge in [-0.15, -0.1) is 0 Å². The standard InChI is InChI=1S/C17H21NO7/c1-17(2,3)25-16(23)18-8-11(19)14(20)9-4-5-12-10(6-9)7-13(24-12)15(21)22/h4-7,11,14,19-20H,8H2,1-3H3,(H,18,23)(H,21,22). The monoisotopic (exact) mass is 351 g/mol. The predicted octanol–water partition coefficient (Wildman–Crippen LogP) is 2.05. The molecule has 2 aromatic rings. The number of rotatable bonds is 5. The molecule has 136 valence electrons. The van der Waals surface area contributed by atoms with E-state index in [1.54, 1.807) is 20.8 Å². The number of hydrogen-bond donors (Lipinski definition) is 4. The van der Waals surface area contributed by atoms with Crippen molar-refractivity contribution < 1.29 is 34.1 Å². The second-order valence-corrected chi connectivity index (χ2v) is 6.61. The van der Waals surface area contributed by atoms with Gasteiger partial charge in [-0.25, -0.2) is 9.59 Å². The topological polar surface area (TPSA) is 129 Å². The molecule has 0 spiro atoms. The molecule has 0 aliphatic rings. The highest BCUT2D eigenvalue weighted by atomic mass is 16.6. The fourth-order valence-electron chi connectivity index (χ4n) is 2.19. The first-order chi connectivity index (χ1) is 11.6. The van der Waals surface area contributed by atoms with E-state index in [1.807, 2.05) is 0 Å². The first kappa shape index (κ1) is 18.8. The van der Waals surface area contributed by atoms with E-state index in [-0.39, 0.29) is 12.3 Å². The molecule has 0 aliphatic heterocycles. The number of aromatic carboxylic acids is 1. The number of carboxylic acid groups (broad SMARTS) is 1. The number of carboxylic acids is 1. The number of alkyl carbamates (subject to hydrolysis) is 1. The van der Waals surface area contributed by atoms with Crippen molar-refractivity contribution in [3.05, 3.63) is 35.6 Å². The molecule has 2 rings (SSSR count). The Morgan fingerprint density at radius 1 is 1.24 bits per heavy atom. The number of carbonyl (C=O) groups excluding carboxylic acids is 1. The van der Waals surface area contributed by atoms with E-state index in [1.165, 1.54) is 24.3 Å². The summed E-state index contributed by atoms with van der Waals surface area (Å²) in [4.78, 5) is 22.5. The third-order valence-electron chi connectivity index (χ3n) is 3.31. The van der Waals surface area contributed by atoms with Gasteiger partial charge in [-0.1, -0.05) is 6.07 Å². The van der Waals surface area contributed by atoms with E-state index >= 15 is 0 Å². The van der Waals surface area contributed by atoms with Crippen LogP contribution < -0.4 is 5.32 Å². The Hall–Kier alpha value is -2.58. The Morgan fingerprint density at radius 2 is 1.92 bits per heavy atom. The van der Waals surface area contributed by atoms with E-state index in [0.717, 1.165) is 0 Å². The number of carbonyl (C=O) groups is 2. The maximum absolute atomic E-state index is 11.6. The molecule has 0 saturated heterocycles. The maximum atomic E-state index is 11.6. The van der Waals surface area contributed by atoms with Crippen molar-refractivity contribution in [2.24, 2.45) is 0 Å². The molecule has 0 radical (unpaired) electrons. The van der Waals surface area contributed by atoms with E-state index in [9.17, 15) is 19.8 Å². The summed E-state index contributed by atoms with van der Waals surface area (Å²) in [5.74, 6) is -1.41. The summed E-state index contributed by atoms with van der Waals surface area (Å²) in [6, 6.07) is 5.87. The number of ether oxygens (including phenoxy) is 1. The number of aliphatic hydroxyl groups is 2. The summed E-state index contributed by atoms with van der Waals surface area (Å²) in [6.07, 6.45) is -3.24. The van der Waals surface area contributed by atoms with Crippen LogP contribution >= 0.6 is 0 Å². The molecular weight excluding hydrogens is 330 g/mol. The summed E-state index contributed by atoms with van der Waals surface area (Å²) in [6.45, 7) is 4.93. The van der Waals surface area contributed by atoms with Crippen molar-refractivity contribution in [2.45, 2.75) is 38.6 Å². The molecule has 4 N–H and O–H groups in total. The van der Waals surface area contributed by atoms with Gasteiger partial charge in [-0.2, -0.15) is 0 Å². The molecule has 0 bridgehead atoms. The number of nitrogens with one attached hydrogen (secondary N) is 1. The van der Waals surface area contributed by atoms with Crippen LogP contribution in [-0.4, -0.2) is 45.6 Å². The Labute approximate surface area is 144 Å². The van der Waals surface area contributed by atoms with Gasteiger partial charge in [0.2, 0.25) is 5.76 Å². The van der Waals surface area contributed by atoms with Crippen LogP contribution in [0.3, 0.4) is 0 Å². The number of hydrogen-bond acceptors (Lipinski definition) is 6. The van der Waals surface area contributed by atoms with Gasteiger partial charge in [0.15, 0.2) is 0 Å². The molecule has 1 aromatic heterocycles. The van der Waals surface area contributed by atoms with Gasteiger partial charge in [-0.05, 0) is 44.5 Å². The maximum Gasteiger partial charge on any atom is 0.407 e. The zero-order valence-corrected chi connectivity index (χ0v) is 14.1. The van der Waals surface area contributed by atoms with Gasteiger partial charge in [0.1, 0.15) is 23.4 Å². The first-order valence-corrected chi connectivity index (χ1v) is 7.66. The number of benzene rings is 1. The minimum absolute atomic E-state index is 0.208. The third kappa shape index (κ3) is 4.94. The van der Waals surface area contributed by atoms with Crippen LogP contribution in [0.25, 0.3) is 11.0 Å². The van der Waals surface area contributed by atoms with Crippen LogP contribution in [0.2, 0.25) is 0 Å². The second kappa shape index (κ2) is 7.12. The molecule has 0 saturated carbocycles. The first-order valence-electron chi connectivity index (χ1n) is 7.66. The van der Waals surface area contributed by atoms with Crippen molar-refractivity contribution in [1.82, 2.24) is 5.32 Å². The van der Waals surface area contributed by atoms with Crippen molar-refractivity contribution in [2.75, 3.05) is 6.54 Å². The van der Waals surface area contributed by atoms with Crippen LogP contribution in [0.1, 0.15) is 43.0 Å². The average molecular weight is 351 g/mol. The molecule has 25 heavy (non-hydrogen) atoms. The lowest BCUT2D eigenvalue weighted by molar-refractivity contribution is 0.0130. The summed E-state index contributed by atoms with van der Waals surface area (Å²) in [7, 11) is 0. The summed E-state index contributed by atoms with van der Waals surface area (Å²) >= 11 is 0. The van der Waals surface area contributed by atoms with Crippen LogP contribution in [0.5, 0.6) is 0 Å². The smallest absolute Gasteiger partial charge is 0.407 e. The Kier molecular flexibility index (Phi) is 5.34. The Balaban J connectivity index is 2.03. The van der Waals surface area contributed by atoms with Crippen LogP contribution in [0.4, 0.5) is 4.79 Å². The Morgan fingerprint density at radius 3 is 2.52 bits per heavy atom. The largest absolute Gasteiger partial charge is 0.475 e. The number of fused-ring (bicyclic) bond motifs is 1. The van der Waals surface area contributed by atoms with Crippen molar-refractivity contribution in [1.29, 1.82) is 0 Å². The highest BCUT2D eigenvalue weighted by Gasteiger charge is 2.22. The SMILES string of the molecule is CC(C)(C)OC(=O)NCC(O)C(O)c1ccc2oc(C(=O)O)cc2c1. The van der Waals surface area contributed by atoms with Crippen molar-refractivity contribution in [3.8, 4) is 0 Å². The lowest BCUT2D eigenvalue weighted by Gasteiger charge is -2.22. The number of amides is 1. The van der Waals surface area contributed by atoms with Gasteiger partial charge in [0.05, 0.1) is 0 Å². The molecular formula is C17H21NO7. The van der Waals surface area contributed by atoms with Gasteiger partial charge in [-0.3, -0.25) is 0 Å². The third-order valence-corrected chi connectivity index (χ3v) is 3.31. The van der Waals surface area contributed by atoms with Crippen molar-refractivity contribution in [3.63, 3.8) is 0 Å². The highest BCUT2D eigenvalue weighted by Crippen LogP contribution is 2.25. The Bertz CT molecular complexity index is 775. The minimum Gasteiger partial charge on any atom is -0.475 e. The highest BCUT2D eigenvalue weighted by molar-refractivity contribution is 5.91. The van der Waals surface area contributed by atoms with E-state index in [0.29, 0.717) is 16.5 Å². The molecule has 2 unspecified atom stereocenters. The van der Waals surface area contributed by atoms with E-state index in [4.69, 9.17) is 14.3 Å². The molecule has 1 amide bonds. The van der Waals surface area contributed by atoms with Gasteiger partial charge in [0, 0.05) is 11.9 Å². The van der Waals surface area contributed by atoms with Crippen LogP contribution in [-0.2, 0) is 4.74 Å². The quantitative estimate of drug-likeness (QED) is 0.649. The number of furan rings is 1. The van der Waals surface area contributed by atoms with Crippen LogP contribution in [0, 0.1) is 0 Å². The van der Waals surface area contributed by atoms with E-state index in [2.05, 4.69) is 5.32 Å². The lowest BCUT2D eigenvalue weighted by atomic mass is 10.0. The van der Waals surface area contributed by atoms with Gasteiger partial charge >= 0.3 is 12.1 Å². The molecule has 1 aromatic carbocycles. The van der Waals surface area contributed by atoms with Crippen LogP contribution in [0.15, 0.2) is 28.7 Å². The molecule has 0 fully saturated rings. The molecule has 8 nitrogen and oxygen atoms in total. The zero-order chi connectivity index (χ0) is 18.8. The minimum atomic E-state index is -1.28. The summed E-state index contributed by atoms with van der Waals surface area (Å²) in [5, 5.41) is 32.1. The average Bonchev–Trinajstić information content (AvgIpc) is 2.93. The predicted molar refractivity (Wildman–Crippen MR) is 88.4 cm³/mol. The van der Waals surface area contributed by atoms with Gasteiger partial charge < -0.3 is 29.8 Å². The molecule has 1 heterocycles. The molecule has 0 aliphatic carbocycles. The fraction of sp³-hybridized carbons (Fsp3) is 0.412. The van der Waals surface area contributed by atoms with E-state index < -0.39 is 29.9 Å². The summed E-state index contributed by atoms with van der Waals surface area (Å²) < 4.78 is 10.2.